The Hall–Kier alpha value is -1.32. The van der Waals surface area contributed by atoms with Crippen LogP contribution in [0.5, 0.6) is 0 Å². The highest BCUT2D eigenvalue weighted by molar-refractivity contribution is 5.67. The first-order chi connectivity index (χ1) is 7.41. The molecule has 0 bridgehead atoms. The number of hydrogen-bond acceptors (Lipinski definition) is 4. The molecule has 4 atom stereocenters. The standard InChI is InChI=1S/C12H18O4/c1-7-5-6-8(2)12(16-10(4)14)11(7)15-9(3)13/h5-8,11-12H,1-4H3. The lowest BCUT2D eigenvalue weighted by Crippen LogP contribution is -2.44. The molecule has 90 valence electrons. The predicted molar refractivity (Wildman–Crippen MR) is 58.6 cm³/mol. The van der Waals surface area contributed by atoms with Crippen LogP contribution in [-0.2, 0) is 19.1 Å². The van der Waals surface area contributed by atoms with Crippen LogP contribution in [0, 0.1) is 11.8 Å². The van der Waals surface area contributed by atoms with E-state index in [0.29, 0.717) is 0 Å². The van der Waals surface area contributed by atoms with Crippen LogP contribution in [0.15, 0.2) is 12.2 Å². The van der Waals surface area contributed by atoms with Gasteiger partial charge in [0.1, 0.15) is 12.2 Å². The minimum Gasteiger partial charge on any atom is -0.458 e. The lowest BCUT2D eigenvalue weighted by molar-refractivity contribution is -0.172. The fourth-order valence-electron chi connectivity index (χ4n) is 1.90. The summed E-state index contributed by atoms with van der Waals surface area (Å²) in [5, 5.41) is 0. The van der Waals surface area contributed by atoms with Crippen molar-refractivity contribution in [3.8, 4) is 0 Å². The van der Waals surface area contributed by atoms with E-state index in [9.17, 15) is 9.59 Å². The fraction of sp³-hybridized carbons (Fsp3) is 0.667. The number of rotatable bonds is 2. The van der Waals surface area contributed by atoms with Crippen molar-refractivity contribution in [3.63, 3.8) is 0 Å². The van der Waals surface area contributed by atoms with Crippen molar-refractivity contribution >= 4 is 11.9 Å². The zero-order chi connectivity index (χ0) is 12.3. The van der Waals surface area contributed by atoms with Gasteiger partial charge in [0.2, 0.25) is 0 Å². The van der Waals surface area contributed by atoms with Crippen LogP contribution in [0.4, 0.5) is 0 Å². The molecule has 0 spiro atoms. The van der Waals surface area contributed by atoms with Crippen LogP contribution < -0.4 is 0 Å². The molecule has 0 saturated heterocycles. The molecule has 0 saturated carbocycles. The Morgan fingerprint density at radius 2 is 1.19 bits per heavy atom. The molecule has 0 amide bonds. The second kappa shape index (κ2) is 5.14. The van der Waals surface area contributed by atoms with E-state index in [2.05, 4.69) is 0 Å². The quantitative estimate of drug-likeness (QED) is 0.531. The van der Waals surface area contributed by atoms with E-state index in [1.165, 1.54) is 13.8 Å². The molecule has 0 aliphatic heterocycles. The lowest BCUT2D eigenvalue weighted by atomic mass is 9.85. The van der Waals surface area contributed by atoms with E-state index >= 15 is 0 Å². The van der Waals surface area contributed by atoms with Gasteiger partial charge in [0.25, 0.3) is 0 Å². The molecular weight excluding hydrogens is 208 g/mol. The van der Waals surface area contributed by atoms with Gasteiger partial charge in [-0.15, -0.1) is 0 Å². The normalized spacial score (nSPS) is 33.2. The molecular formula is C12H18O4. The second-order valence-electron chi connectivity index (χ2n) is 4.25. The van der Waals surface area contributed by atoms with Gasteiger partial charge in [-0.2, -0.15) is 0 Å². The molecule has 0 fully saturated rings. The number of carbonyl (C=O) groups excluding carboxylic acids is 2. The third kappa shape index (κ3) is 3.08. The van der Waals surface area contributed by atoms with Crippen molar-refractivity contribution in [2.45, 2.75) is 39.9 Å². The highest BCUT2D eigenvalue weighted by Crippen LogP contribution is 2.28. The molecule has 0 aromatic carbocycles. The van der Waals surface area contributed by atoms with Crippen LogP contribution in [0.1, 0.15) is 27.7 Å². The molecule has 16 heavy (non-hydrogen) atoms. The smallest absolute Gasteiger partial charge is 0.303 e. The maximum Gasteiger partial charge on any atom is 0.303 e. The van der Waals surface area contributed by atoms with Crippen molar-refractivity contribution in [1.29, 1.82) is 0 Å². The predicted octanol–water partition coefficient (Wildman–Crippen LogP) is 1.69. The largest absolute Gasteiger partial charge is 0.458 e. The number of carbonyl (C=O) groups is 2. The Morgan fingerprint density at radius 1 is 0.875 bits per heavy atom. The number of esters is 2. The molecule has 0 aromatic heterocycles. The summed E-state index contributed by atoms with van der Waals surface area (Å²) in [5.74, 6) is -0.582. The maximum atomic E-state index is 11.0. The summed E-state index contributed by atoms with van der Waals surface area (Å²) in [6.45, 7) is 6.60. The van der Waals surface area contributed by atoms with Gasteiger partial charge in [-0.05, 0) is 0 Å². The highest BCUT2D eigenvalue weighted by atomic mass is 16.6. The Kier molecular flexibility index (Phi) is 4.10. The van der Waals surface area contributed by atoms with Gasteiger partial charge < -0.3 is 9.47 Å². The summed E-state index contributed by atoms with van der Waals surface area (Å²) < 4.78 is 10.4. The van der Waals surface area contributed by atoms with E-state index in [-0.39, 0.29) is 36.0 Å². The number of ether oxygens (including phenoxy) is 2. The third-order valence-electron chi connectivity index (χ3n) is 2.68. The Balaban J connectivity index is 2.83. The summed E-state index contributed by atoms with van der Waals surface area (Å²) in [4.78, 5) is 22.0. The van der Waals surface area contributed by atoms with Gasteiger partial charge in [0, 0.05) is 25.7 Å². The first kappa shape index (κ1) is 12.7. The Bertz CT molecular complexity index is 278. The topological polar surface area (TPSA) is 52.6 Å². The summed E-state index contributed by atoms with van der Waals surface area (Å²) in [6.07, 6.45) is 3.19. The van der Waals surface area contributed by atoms with Crippen molar-refractivity contribution < 1.29 is 19.1 Å². The SMILES string of the molecule is CC(=O)OC1C(C)C=CC(C)C1OC(C)=O. The van der Waals surface area contributed by atoms with E-state index in [1.54, 1.807) is 0 Å². The van der Waals surface area contributed by atoms with Crippen LogP contribution in [0.2, 0.25) is 0 Å². The van der Waals surface area contributed by atoms with Gasteiger partial charge in [0.05, 0.1) is 0 Å². The van der Waals surface area contributed by atoms with Gasteiger partial charge >= 0.3 is 11.9 Å². The number of hydrogen-bond donors (Lipinski definition) is 0. The van der Waals surface area contributed by atoms with Gasteiger partial charge in [-0.3, -0.25) is 9.59 Å². The minimum atomic E-state index is -0.388. The molecule has 4 nitrogen and oxygen atoms in total. The fourth-order valence-corrected chi connectivity index (χ4v) is 1.90. The molecule has 1 aliphatic rings. The Labute approximate surface area is 95.6 Å². The average molecular weight is 226 g/mol. The zero-order valence-corrected chi connectivity index (χ0v) is 10.1. The minimum absolute atomic E-state index is 0.0597. The third-order valence-corrected chi connectivity index (χ3v) is 2.68. The van der Waals surface area contributed by atoms with Gasteiger partial charge in [-0.1, -0.05) is 26.0 Å². The summed E-state index contributed by atoms with van der Waals surface area (Å²) in [5.41, 5.74) is 0. The van der Waals surface area contributed by atoms with Crippen molar-refractivity contribution in [2.75, 3.05) is 0 Å². The van der Waals surface area contributed by atoms with Gasteiger partial charge in [-0.25, -0.2) is 0 Å². The summed E-state index contributed by atoms with van der Waals surface area (Å²) in [6, 6.07) is 0. The summed E-state index contributed by atoms with van der Waals surface area (Å²) in [7, 11) is 0. The first-order valence-electron chi connectivity index (χ1n) is 5.44. The molecule has 4 heteroatoms. The molecule has 1 aliphatic carbocycles. The summed E-state index contributed by atoms with van der Waals surface area (Å²) >= 11 is 0. The van der Waals surface area contributed by atoms with E-state index < -0.39 is 0 Å². The molecule has 0 heterocycles. The molecule has 4 unspecified atom stereocenters. The highest BCUT2D eigenvalue weighted by Gasteiger charge is 2.37. The molecule has 0 N–H and O–H groups in total. The van der Waals surface area contributed by atoms with Crippen molar-refractivity contribution in [2.24, 2.45) is 11.8 Å². The van der Waals surface area contributed by atoms with E-state index in [4.69, 9.17) is 9.47 Å². The molecule has 1 rings (SSSR count). The van der Waals surface area contributed by atoms with Crippen LogP contribution in [0.25, 0.3) is 0 Å². The van der Waals surface area contributed by atoms with Gasteiger partial charge in [0.15, 0.2) is 0 Å². The van der Waals surface area contributed by atoms with E-state index in [0.717, 1.165) is 0 Å². The maximum absolute atomic E-state index is 11.0. The monoisotopic (exact) mass is 226 g/mol. The van der Waals surface area contributed by atoms with E-state index in [1.807, 2.05) is 26.0 Å². The van der Waals surface area contributed by atoms with Crippen LogP contribution in [0.3, 0.4) is 0 Å². The van der Waals surface area contributed by atoms with Crippen molar-refractivity contribution in [1.82, 2.24) is 0 Å². The first-order valence-corrected chi connectivity index (χ1v) is 5.44. The average Bonchev–Trinajstić information content (AvgIpc) is 2.16. The van der Waals surface area contributed by atoms with Crippen LogP contribution >= 0.6 is 0 Å². The molecule has 0 radical (unpaired) electrons. The lowest BCUT2D eigenvalue weighted by Gasteiger charge is -2.35. The zero-order valence-electron chi connectivity index (χ0n) is 10.1. The molecule has 0 aromatic rings. The Morgan fingerprint density at radius 3 is 1.44 bits per heavy atom. The van der Waals surface area contributed by atoms with Crippen LogP contribution in [-0.4, -0.2) is 24.1 Å². The van der Waals surface area contributed by atoms with Crippen molar-refractivity contribution in [3.05, 3.63) is 12.2 Å². The second-order valence-corrected chi connectivity index (χ2v) is 4.25.